The van der Waals surface area contributed by atoms with E-state index in [1.165, 1.54) is 12.1 Å². The van der Waals surface area contributed by atoms with Crippen molar-refractivity contribution in [1.29, 1.82) is 0 Å². The highest BCUT2D eigenvalue weighted by Gasteiger charge is 2.09. The smallest absolute Gasteiger partial charge is 0.224 e. The molecule has 0 saturated carbocycles. The molecule has 0 bridgehead atoms. The summed E-state index contributed by atoms with van der Waals surface area (Å²) < 4.78 is 13.1. The molecule has 0 heterocycles. The highest BCUT2D eigenvalue weighted by Crippen LogP contribution is 2.25. The van der Waals surface area contributed by atoms with Gasteiger partial charge in [-0.15, -0.1) is 0 Å². The van der Waals surface area contributed by atoms with E-state index in [1.54, 1.807) is 6.07 Å². The molecule has 94 valence electrons. The van der Waals surface area contributed by atoms with Crippen molar-refractivity contribution in [2.24, 2.45) is 0 Å². The first kappa shape index (κ1) is 13.5. The number of rotatable bonds is 5. The van der Waals surface area contributed by atoms with Crippen molar-refractivity contribution in [3.05, 3.63) is 24.0 Å². The number of hydrogen-bond donors (Lipinski definition) is 1. The summed E-state index contributed by atoms with van der Waals surface area (Å²) in [5, 5.41) is 2.75. The van der Waals surface area contributed by atoms with E-state index >= 15 is 0 Å². The van der Waals surface area contributed by atoms with Gasteiger partial charge in [0.2, 0.25) is 5.91 Å². The fourth-order valence-electron chi connectivity index (χ4n) is 1.55. The van der Waals surface area contributed by atoms with Gasteiger partial charge < -0.3 is 10.2 Å². The Morgan fingerprint density at radius 1 is 1.41 bits per heavy atom. The molecule has 0 fully saturated rings. The lowest BCUT2D eigenvalue weighted by Gasteiger charge is -2.17. The van der Waals surface area contributed by atoms with E-state index in [9.17, 15) is 9.18 Å². The fourth-order valence-corrected chi connectivity index (χ4v) is 1.55. The second kappa shape index (κ2) is 6.23. The number of unbranched alkanes of at least 4 members (excludes halogenated alkanes) is 1. The molecule has 17 heavy (non-hydrogen) atoms. The Balaban J connectivity index is 2.81. The van der Waals surface area contributed by atoms with Crippen LogP contribution in [-0.4, -0.2) is 20.0 Å². The maximum Gasteiger partial charge on any atom is 0.224 e. The normalized spacial score (nSPS) is 10.1. The summed E-state index contributed by atoms with van der Waals surface area (Å²) in [5.41, 5.74) is 1.33. The molecule has 1 aromatic rings. The van der Waals surface area contributed by atoms with Gasteiger partial charge in [0.1, 0.15) is 5.82 Å². The van der Waals surface area contributed by atoms with Gasteiger partial charge in [-0.3, -0.25) is 4.79 Å². The summed E-state index contributed by atoms with van der Waals surface area (Å²) in [6.07, 6.45) is 2.29. The molecule has 0 atom stereocenters. The maximum atomic E-state index is 13.1. The van der Waals surface area contributed by atoms with Gasteiger partial charge in [0, 0.05) is 20.5 Å². The van der Waals surface area contributed by atoms with Crippen LogP contribution in [0.3, 0.4) is 0 Å². The Labute approximate surface area is 102 Å². The largest absolute Gasteiger partial charge is 0.376 e. The van der Waals surface area contributed by atoms with Crippen LogP contribution in [0.25, 0.3) is 0 Å². The second-order valence-corrected chi connectivity index (χ2v) is 4.21. The van der Waals surface area contributed by atoms with E-state index in [-0.39, 0.29) is 11.7 Å². The number of nitrogens with one attached hydrogen (secondary N) is 1. The average molecular weight is 238 g/mol. The SMILES string of the molecule is CCCCC(=O)Nc1cc(F)ccc1N(C)C. The monoisotopic (exact) mass is 238 g/mol. The van der Waals surface area contributed by atoms with Crippen LogP contribution in [0.15, 0.2) is 18.2 Å². The van der Waals surface area contributed by atoms with E-state index in [1.807, 2.05) is 25.9 Å². The molecule has 0 radical (unpaired) electrons. The first-order chi connectivity index (χ1) is 8.04. The van der Waals surface area contributed by atoms with Crippen molar-refractivity contribution < 1.29 is 9.18 Å². The predicted molar refractivity (Wildman–Crippen MR) is 68.9 cm³/mol. The molecular weight excluding hydrogens is 219 g/mol. The summed E-state index contributed by atoms with van der Waals surface area (Å²) in [5.74, 6) is -0.415. The van der Waals surface area contributed by atoms with Crippen LogP contribution in [0.4, 0.5) is 15.8 Å². The molecule has 1 N–H and O–H groups in total. The van der Waals surface area contributed by atoms with Gasteiger partial charge in [-0.1, -0.05) is 13.3 Å². The Morgan fingerprint density at radius 3 is 2.71 bits per heavy atom. The van der Waals surface area contributed by atoms with E-state index in [0.717, 1.165) is 18.5 Å². The van der Waals surface area contributed by atoms with Gasteiger partial charge in [-0.2, -0.15) is 0 Å². The number of benzene rings is 1. The quantitative estimate of drug-likeness (QED) is 0.855. The summed E-state index contributed by atoms with van der Waals surface area (Å²) in [6.45, 7) is 2.03. The zero-order valence-electron chi connectivity index (χ0n) is 10.6. The number of halogens is 1. The van der Waals surface area contributed by atoms with Crippen molar-refractivity contribution >= 4 is 17.3 Å². The van der Waals surface area contributed by atoms with Gasteiger partial charge in [-0.25, -0.2) is 4.39 Å². The molecule has 0 aliphatic carbocycles. The molecule has 0 aliphatic rings. The van der Waals surface area contributed by atoms with Crippen LogP contribution in [-0.2, 0) is 4.79 Å². The van der Waals surface area contributed by atoms with Crippen LogP contribution >= 0.6 is 0 Å². The lowest BCUT2D eigenvalue weighted by atomic mass is 10.2. The molecule has 0 unspecified atom stereocenters. The summed E-state index contributed by atoms with van der Waals surface area (Å²) >= 11 is 0. The number of carbonyl (C=O) groups excluding carboxylic acids is 1. The molecule has 0 spiro atoms. The minimum absolute atomic E-state index is 0.0689. The van der Waals surface area contributed by atoms with E-state index < -0.39 is 0 Å². The molecule has 1 aromatic carbocycles. The van der Waals surface area contributed by atoms with Crippen molar-refractivity contribution in [3.8, 4) is 0 Å². The first-order valence-electron chi connectivity index (χ1n) is 5.81. The van der Waals surface area contributed by atoms with Crippen LogP contribution < -0.4 is 10.2 Å². The number of anilines is 2. The third-order valence-electron chi connectivity index (χ3n) is 2.47. The molecule has 0 aliphatic heterocycles. The predicted octanol–water partition coefficient (Wildman–Crippen LogP) is 3.02. The zero-order valence-corrected chi connectivity index (χ0v) is 10.6. The first-order valence-corrected chi connectivity index (χ1v) is 5.81. The molecule has 0 aromatic heterocycles. The molecular formula is C13H19FN2O. The van der Waals surface area contributed by atoms with Gasteiger partial charge in [0.25, 0.3) is 0 Å². The highest BCUT2D eigenvalue weighted by atomic mass is 19.1. The molecule has 1 rings (SSSR count). The van der Waals surface area contributed by atoms with Crippen LogP contribution in [0, 0.1) is 5.82 Å². The van der Waals surface area contributed by atoms with Crippen LogP contribution in [0.2, 0.25) is 0 Å². The zero-order chi connectivity index (χ0) is 12.8. The summed E-state index contributed by atoms with van der Waals surface area (Å²) in [7, 11) is 3.71. The van der Waals surface area contributed by atoms with Gasteiger partial charge in [-0.05, 0) is 24.6 Å². The van der Waals surface area contributed by atoms with Crippen molar-refractivity contribution in [1.82, 2.24) is 0 Å². The summed E-state index contributed by atoms with van der Waals surface area (Å²) in [6, 6.07) is 4.39. The number of nitrogens with zero attached hydrogens (tertiary/aromatic N) is 1. The average Bonchev–Trinajstić information content (AvgIpc) is 2.26. The molecule has 4 heteroatoms. The topological polar surface area (TPSA) is 32.3 Å². The van der Waals surface area contributed by atoms with E-state index in [0.29, 0.717) is 12.1 Å². The number of hydrogen-bond acceptors (Lipinski definition) is 2. The Hall–Kier alpha value is -1.58. The highest BCUT2D eigenvalue weighted by molar-refractivity contribution is 5.94. The minimum atomic E-state index is -0.346. The van der Waals surface area contributed by atoms with E-state index in [2.05, 4.69) is 5.32 Å². The Kier molecular flexibility index (Phi) is 4.94. The lowest BCUT2D eigenvalue weighted by Crippen LogP contribution is -2.16. The van der Waals surface area contributed by atoms with E-state index in [4.69, 9.17) is 0 Å². The summed E-state index contributed by atoms with van der Waals surface area (Å²) in [4.78, 5) is 13.4. The fraction of sp³-hybridized carbons (Fsp3) is 0.462. The van der Waals surface area contributed by atoms with Crippen LogP contribution in [0.1, 0.15) is 26.2 Å². The van der Waals surface area contributed by atoms with Gasteiger partial charge >= 0.3 is 0 Å². The Bertz CT molecular complexity index is 391. The van der Waals surface area contributed by atoms with Crippen molar-refractivity contribution in [3.63, 3.8) is 0 Å². The third kappa shape index (κ3) is 4.06. The van der Waals surface area contributed by atoms with Gasteiger partial charge in [0.15, 0.2) is 0 Å². The van der Waals surface area contributed by atoms with Crippen molar-refractivity contribution in [2.45, 2.75) is 26.2 Å². The maximum absolute atomic E-state index is 13.1. The lowest BCUT2D eigenvalue weighted by molar-refractivity contribution is -0.116. The molecule has 0 saturated heterocycles. The van der Waals surface area contributed by atoms with Crippen molar-refractivity contribution in [2.75, 3.05) is 24.3 Å². The third-order valence-corrected chi connectivity index (χ3v) is 2.47. The molecule has 3 nitrogen and oxygen atoms in total. The van der Waals surface area contributed by atoms with Gasteiger partial charge in [0.05, 0.1) is 11.4 Å². The Morgan fingerprint density at radius 2 is 2.12 bits per heavy atom. The second-order valence-electron chi connectivity index (χ2n) is 4.21. The number of amides is 1. The molecule has 1 amide bonds. The number of carbonyl (C=O) groups is 1. The minimum Gasteiger partial charge on any atom is -0.376 e. The standard InChI is InChI=1S/C13H19FN2O/c1-4-5-6-13(17)15-11-9-10(14)7-8-12(11)16(2)3/h7-9H,4-6H2,1-3H3,(H,15,17). The van der Waals surface area contributed by atoms with Crippen LogP contribution in [0.5, 0.6) is 0 Å².